The number of carbonyl (C=O) groups is 2. The first-order valence-corrected chi connectivity index (χ1v) is 7.37. The van der Waals surface area contributed by atoms with Crippen LogP contribution in [0.25, 0.3) is 0 Å². The number of nitrogens with one attached hydrogen (secondary N) is 1. The normalized spacial score (nSPS) is 10.8. The van der Waals surface area contributed by atoms with Crippen LogP contribution in [0.2, 0.25) is 0 Å². The largest absolute Gasteiger partial charge is 1.00 e. The van der Waals surface area contributed by atoms with E-state index in [1.165, 1.54) is 6.07 Å². The molecule has 0 aliphatic rings. The number of anilines is 1. The van der Waals surface area contributed by atoms with Crippen LogP contribution in [-0.2, 0) is 11.3 Å². The second-order valence-corrected chi connectivity index (χ2v) is 5.20. The second-order valence-electron chi connectivity index (χ2n) is 5.20. The van der Waals surface area contributed by atoms with Gasteiger partial charge in [-0.15, -0.1) is 0 Å². The number of rotatable bonds is 7. The Labute approximate surface area is 191 Å². The maximum atomic E-state index is 11.0. The van der Waals surface area contributed by atoms with Crippen molar-refractivity contribution in [3.8, 4) is 0 Å². The third-order valence-corrected chi connectivity index (χ3v) is 3.73. The van der Waals surface area contributed by atoms with Crippen LogP contribution in [0.1, 0.15) is 40.7 Å². The van der Waals surface area contributed by atoms with Gasteiger partial charge in [0.25, 0.3) is 0 Å². The number of hydrogen-bond acceptors (Lipinski definition) is 5. The topological polar surface area (TPSA) is 92.3 Å². The van der Waals surface area contributed by atoms with Gasteiger partial charge in [0.2, 0.25) is 0 Å². The third kappa shape index (κ3) is 6.77. The van der Waals surface area contributed by atoms with Gasteiger partial charge in [-0.05, 0) is 29.7 Å². The summed E-state index contributed by atoms with van der Waals surface area (Å²) >= 11 is 0. The zero-order chi connectivity index (χ0) is 16.8. The van der Waals surface area contributed by atoms with Gasteiger partial charge in [-0.3, -0.25) is 0 Å². The van der Waals surface area contributed by atoms with Gasteiger partial charge in [0.05, 0.1) is 5.97 Å². The van der Waals surface area contributed by atoms with Crippen LogP contribution in [0.5, 0.6) is 0 Å². The number of carboxylic acids is 2. The summed E-state index contributed by atoms with van der Waals surface area (Å²) in [5.74, 6) is -2.92. The van der Waals surface area contributed by atoms with Crippen LogP contribution in [0.15, 0.2) is 48.5 Å². The van der Waals surface area contributed by atoms with Crippen molar-refractivity contribution in [3.63, 3.8) is 0 Å². The number of benzene rings is 2. The molecule has 0 aliphatic heterocycles. The molecule has 0 fully saturated rings. The van der Waals surface area contributed by atoms with Crippen molar-refractivity contribution in [2.24, 2.45) is 0 Å². The van der Waals surface area contributed by atoms with E-state index in [-0.39, 0.29) is 64.7 Å². The molecule has 0 bridgehead atoms. The molecule has 7 heteroatoms. The summed E-state index contributed by atoms with van der Waals surface area (Å²) in [4.78, 5) is 22.1. The third-order valence-electron chi connectivity index (χ3n) is 3.73. The molecule has 2 aromatic rings. The van der Waals surface area contributed by atoms with Crippen LogP contribution in [0.4, 0.5) is 5.69 Å². The standard InChI is InChI=1S/C18H19NO4.2Na/c1-2-15(17(20)21)12-7-9-14(10-8-12)19-11-13-5-3-4-6-16(13)18(22)23;;/h3-10,15,19H,2,11H2,1H3,(H,20,21)(H,22,23);;/q;2*+1/p-2. The maximum absolute atomic E-state index is 11.0. The van der Waals surface area contributed by atoms with Gasteiger partial charge in [-0.25, -0.2) is 0 Å². The average Bonchev–Trinajstić information content (AvgIpc) is 2.54. The zero-order valence-corrected chi connectivity index (χ0v) is 18.7. The minimum Gasteiger partial charge on any atom is -0.549 e. The Morgan fingerprint density at radius 3 is 2.12 bits per heavy atom. The van der Waals surface area contributed by atoms with Crippen LogP contribution in [-0.4, -0.2) is 11.9 Å². The smallest absolute Gasteiger partial charge is 0.549 e. The molecule has 0 saturated heterocycles. The Morgan fingerprint density at radius 2 is 1.60 bits per heavy atom. The summed E-state index contributed by atoms with van der Waals surface area (Å²) in [5, 5.41) is 25.2. The number of hydrogen-bond donors (Lipinski definition) is 1. The van der Waals surface area contributed by atoms with Gasteiger partial charge >= 0.3 is 59.1 Å². The van der Waals surface area contributed by atoms with Crippen LogP contribution < -0.4 is 74.6 Å². The van der Waals surface area contributed by atoms with E-state index >= 15 is 0 Å². The molecule has 25 heavy (non-hydrogen) atoms. The molecule has 2 rings (SSSR count). The number of aromatic carboxylic acids is 1. The predicted octanol–water partition coefficient (Wildman–Crippen LogP) is -5.09. The van der Waals surface area contributed by atoms with E-state index in [1.807, 2.05) is 0 Å². The molecule has 1 unspecified atom stereocenters. The van der Waals surface area contributed by atoms with Crippen molar-refractivity contribution in [3.05, 3.63) is 65.2 Å². The molecule has 0 aliphatic carbocycles. The first-order valence-electron chi connectivity index (χ1n) is 7.37. The molecule has 0 amide bonds. The number of carboxylic acid groups (broad SMARTS) is 2. The SMILES string of the molecule is CCC(C(=O)[O-])c1ccc(NCc2ccccc2C(=O)[O-])cc1.[Na+].[Na+]. The number of aliphatic carboxylic acids is 1. The van der Waals surface area contributed by atoms with Crippen LogP contribution in [0, 0.1) is 0 Å². The van der Waals surface area contributed by atoms with Gasteiger partial charge in [0.15, 0.2) is 0 Å². The molecule has 0 spiro atoms. The Kier molecular flexibility index (Phi) is 11.3. The Bertz CT molecular complexity index is 704. The van der Waals surface area contributed by atoms with Gasteiger partial charge in [-0.2, -0.15) is 0 Å². The minimum atomic E-state index is -1.21. The molecule has 2 aromatic carbocycles. The quantitative estimate of drug-likeness (QED) is 0.501. The van der Waals surface area contributed by atoms with Crippen LogP contribution in [0.3, 0.4) is 0 Å². The van der Waals surface area contributed by atoms with E-state index in [0.717, 1.165) is 5.69 Å². The predicted molar refractivity (Wildman–Crippen MR) is 82.6 cm³/mol. The van der Waals surface area contributed by atoms with Crippen molar-refractivity contribution in [1.29, 1.82) is 0 Å². The van der Waals surface area contributed by atoms with Gasteiger partial charge < -0.3 is 25.1 Å². The molecular weight excluding hydrogens is 340 g/mol. The first-order chi connectivity index (χ1) is 11.0. The van der Waals surface area contributed by atoms with E-state index in [9.17, 15) is 19.8 Å². The first kappa shape index (κ1) is 24.2. The van der Waals surface area contributed by atoms with E-state index in [0.29, 0.717) is 24.1 Å². The molecule has 0 radical (unpaired) electrons. The molecule has 0 heterocycles. The summed E-state index contributed by atoms with van der Waals surface area (Å²) in [5.41, 5.74) is 2.24. The van der Waals surface area contributed by atoms with Crippen molar-refractivity contribution in [2.75, 3.05) is 5.32 Å². The molecule has 0 aromatic heterocycles. The van der Waals surface area contributed by atoms with Crippen molar-refractivity contribution in [2.45, 2.75) is 25.8 Å². The van der Waals surface area contributed by atoms with E-state index in [4.69, 9.17) is 0 Å². The van der Waals surface area contributed by atoms with E-state index in [1.54, 1.807) is 49.4 Å². The van der Waals surface area contributed by atoms with E-state index in [2.05, 4.69) is 5.32 Å². The fourth-order valence-corrected chi connectivity index (χ4v) is 2.44. The van der Waals surface area contributed by atoms with Gasteiger partial charge in [0, 0.05) is 29.7 Å². The van der Waals surface area contributed by atoms with Crippen molar-refractivity contribution >= 4 is 17.6 Å². The van der Waals surface area contributed by atoms with E-state index < -0.39 is 17.9 Å². The average molecular weight is 357 g/mol. The summed E-state index contributed by atoms with van der Waals surface area (Å²) in [6, 6.07) is 13.6. The summed E-state index contributed by atoms with van der Waals surface area (Å²) < 4.78 is 0. The minimum absolute atomic E-state index is 0. The molecular formula is C18H17NNa2O4. The fourth-order valence-electron chi connectivity index (χ4n) is 2.44. The Morgan fingerprint density at radius 1 is 1.00 bits per heavy atom. The van der Waals surface area contributed by atoms with Gasteiger partial charge in [0.1, 0.15) is 0 Å². The molecule has 1 atom stereocenters. The van der Waals surface area contributed by atoms with Crippen molar-refractivity contribution < 1.29 is 78.9 Å². The molecule has 1 N–H and O–H groups in total. The number of carbonyl (C=O) groups excluding carboxylic acids is 2. The monoisotopic (exact) mass is 357 g/mol. The molecule has 120 valence electrons. The summed E-state index contributed by atoms with van der Waals surface area (Å²) in [7, 11) is 0. The van der Waals surface area contributed by atoms with Crippen molar-refractivity contribution in [1.82, 2.24) is 0 Å². The van der Waals surface area contributed by atoms with Crippen LogP contribution >= 0.6 is 0 Å². The second kappa shape index (κ2) is 11.7. The Hall–Kier alpha value is -0.820. The zero-order valence-electron chi connectivity index (χ0n) is 14.7. The Balaban J connectivity index is 0.00000288. The fraction of sp³-hybridized carbons (Fsp3) is 0.222. The summed E-state index contributed by atoms with van der Waals surface area (Å²) in [6.07, 6.45) is 0.466. The summed E-state index contributed by atoms with van der Waals surface area (Å²) in [6.45, 7) is 2.13. The molecule has 5 nitrogen and oxygen atoms in total. The van der Waals surface area contributed by atoms with Gasteiger partial charge in [-0.1, -0.05) is 43.3 Å². The maximum Gasteiger partial charge on any atom is 1.00 e. The molecule has 0 saturated carbocycles.